The number of rotatable bonds is 9. The summed E-state index contributed by atoms with van der Waals surface area (Å²) in [4.78, 5) is 0. The van der Waals surface area contributed by atoms with Crippen LogP contribution in [0.15, 0.2) is 0 Å². The molecule has 0 radical (unpaired) electrons. The average molecular weight is 215 g/mol. The molecule has 0 aromatic carbocycles. The van der Waals surface area contributed by atoms with E-state index in [9.17, 15) is 5.11 Å². The minimum absolute atomic E-state index is 0.164. The maximum atomic E-state index is 9.55. The number of hydrogen-bond donors (Lipinski definition) is 2. The van der Waals surface area contributed by atoms with Gasteiger partial charge in [-0.05, 0) is 25.7 Å². The van der Waals surface area contributed by atoms with E-state index in [0.717, 1.165) is 25.3 Å². The first-order chi connectivity index (χ1) is 7.06. The topological polar surface area (TPSA) is 32.3 Å². The molecule has 0 saturated carbocycles. The molecule has 0 saturated heterocycles. The fraction of sp³-hybridized carbons (Fsp3) is 1.00. The summed E-state index contributed by atoms with van der Waals surface area (Å²) in [6, 6.07) is 0.537. The first-order valence-corrected chi connectivity index (χ1v) is 6.47. The molecule has 0 aromatic heterocycles. The van der Waals surface area contributed by atoms with Crippen LogP contribution < -0.4 is 5.32 Å². The first-order valence-electron chi connectivity index (χ1n) is 6.47. The third kappa shape index (κ3) is 10.2. The van der Waals surface area contributed by atoms with E-state index < -0.39 is 0 Å². The van der Waals surface area contributed by atoms with Crippen LogP contribution in [0.5, 0.6) is 0 Å². The smallest absolute Gasteiger partial charge is 0.0664 e. The quantitative estimate of drug-likeness (QED) is 0.620. The molecule has 0 amide bonds. The van der Waals surface area contributed by atoms with E-state index in [2.05, 4.69) is 33.0 Å². The summed E-state index contributed by atoms with van der Waals surface area (Å²) in [5.74, 6) is 0.808. The molecular formula is C13H29NO. The van der Waals surface area contributed by atoms with Crippen molar-refractivity contribution in [3.63, 3.8) is 0 Å². The minimum atomic E-state index is -0.164. The Labute approximate surface area is 95.5 Å². The summed E-state index contributed by atoms with van der Waals surface area (Å²) < 4.78 is 0. The van der Waals surface area contributed by atoms with Gasteiger partial charge in [-0.25, -0.2) is 0 Å². The highest BCUT2D eigenvalue weighted by atomic mass is 16.3. The molecule has 0 heterocycles. The van der Waals surface area contributed by atoms with Gasteiger partial charge in [0.05, 0.1) is 6.10 Å². The Morgan fingerprint density at radius 2 is 1.73 bits per heavy atom. The minimum Gasteiger partial charge on any atom is -0.392 e. The lowest BCUT2D eigenvalue weighted by Gasteiger charge is -2.17. The highest BCUT2D eigenvalue weighted by Crippen LogP contribution is 2.08. The lowest BCUT2D eigenvalue weighted by molar-refractivity contribution is 0.156. The van der Waals surface area contributed by atoms with E-state index in [0.29, 0.717) is 6.04 Å². The molecule has 0 aliphatic heterocycles. The van der Waals surface area contributed by atoms with Crippen molar-refractivity contribution in [2.45, 2.75) is 71.9 Å². The average Bonchev–Trinajstić information content (AvgIpc) is 2.14. The third-order valence-corrected chi connectivity index (χ3v) is 2.74. The van der Waals surface area contributed by atoms with Gasteiger partial charge in [-0.3, -0.25) is 0 Å². The van der Waals surface area contributed by atoms with Gasteiger partial charge in [0.15, 0.2) is 0 Å². The maximum absolute atomic E-state index is 9.55. The number of aliphatic hydroxyl groups is 1. The zero-order valence-electron chi connectivity index (χ0n) is 10.9. The lowest BCUT2D eigenvalue weighted by atomic mass is 10.0. The summed E-state index contributed by atoms with van der Waals surface area (Å²) in [5, 5.41) is 12.9. The summed E-state index contributed by atoms with van der Waals surface area (Å²) >= 11 is 0. The van der Waals surface area contributed by atoms with E-state index in [1.54, 1.807) is 0 Å². The van der Waals surface area contributed by atoms with Crippen LogP contribution in [0.2, 0.25) is 0 Å². The molecule has 0 spiro atoms. The molecule has 0 rings (SSSR count). The molecule has 0 aliphatic rings. The van der Waals surface area contributed by atoms with E-state index >= 15 is 0 Å². The second kappa shape index (κ2) is 9.17. The van der Waals surface area contributed by atoms with Crippen LogP contribution in [0.1, 0.15) is 59.8 Å². The molecule has 15 heavy (non-hydrogen) atoms. The van der Waals surface area contributed by atoms with E-state index in [1.807, 2.05) is 0 Å². The fourth-order valence-corrected chi connectivity index (χ4v) is 1.71. The number of aliphatic hydroxyl groups excluding tert-OH is 1. The van der Waals surface area contributed by atoms with Gasteiger partial charge in [-0.1, -0.05) is 40.0 Å². The van der Waals surface area contributed by atoms with Crippen molar-refractivity contribution in [2.24, 2.45) is 5.92 Å². The van der Waals surface area contributed by atoms with Crippen molar-refractivity contribution in [1.82, 2.24) is 5.32 Å². The summed E-state index contributed by atoms with van der Waals surface area (Å²) in [7, 11) is 0. The van der Waals surface area contributed by atoms with Crippen molar-refractivity contribution in [3.8, 4) is 0 Å². The molecule has 2 heteroatoms. The van der Waals surface area contributed by atoms with Gasteiger partial charge in [0.2, 0.25) is 0 Å². The monoisotopic (exact) mass is 215 g/mol. The van der Waals surface area contributed by atoms with E-state index in [1.165, 1.54) is 19.3 Å². The summed E-state index contributed by atoms with van der Waals surface area (Å²) in [5.41, 5.74) is 0. The van der Waals surface area contributed by atoms with Crippen LogP contribution in [0.4, 0.5) is 0 Å². The number of nitrogens with one attached hydrogen (secondary N) is 1. The van der Waals surface area contributed by atoms with Crippen molar-refractivity contribution < 1.29 is 5.11 Å². The van der Waals surface area contributed by atoms with Crippen molar-refractivity contribution in [2.75, 3.05) is 6.54 Å². The van der Waals surface area contributed by atoms with Crippen molar-refractivity contribution >= 4 is 0 Å². The molecule has 2 atom stereocenters. The molecule has 92 valence electrons. The summed E-state index contributed by atoms with van der Waals surface area (Å²) in [6.07, 6.45) is 5.62. The van der Waals surface area contributed by atoms with Crippen LogP contribution in [0.3, 0.4) is 0 Å². The Morgan fingerprint density at radius 1 is 1.07 bits per heavy atom. The SMILES string of the molecule is CCCC(O)CNC(C)CCCC(C)C. The molecular weight excluding hydrogens is 186 g/mol. The van der Waals surface area contributed by atoms with Crippen LogP contribution in [-0.4, -0.2) is 23.8 Å². The van der Waals surface area contributed by atoms with E-state index in [4.69, 9.17) is 0 Å². The van der Waals surface area contributed by atoms with Crippen LogP contribution >= 0.6 is 0 Å². The predicted molar refractivity (Wildman–Crippen MR) is 67.1 cm³/mol. The second-order valence-electron chi connectivity index (χ2n) is 5.08. The van der Waals surface area contributed by atoms with Gasteiger partial charge in [-0.2, -0.15) is 0 Å². The Balaban J connectivity index is 3.36. The maximum Gasteiger partial charge on any atom is 0.0664 e. The standard InChI is InChI=1S/C13H29NO/c1-5-7-13(15)10-14-12(4)9-6-8-11(2)3/h11-15H,5-10H2,1-4H3. The Bertz CT molecular complexity index is 136. The van der Waals surface area contributed by atoms with Gasteiger partial charge in [0.25, 0.3) is 0 Å². The summed E-state index contributed by atoms with van der Waals surface area (Å²) in [6.45, 7) is 9.59. The molecule has 2 unspecified atom stereocenters. The molecule has 0 bridgehead atoms. The normalized spacial score (nSPS) is 15.6. The van der Waals surface area contributed by atoms with Crippen molar-refractivity contribution in [3.05, 3.63) is 0 Å². The van der Waals surface area contributed by atoms with Gasteiger partial charge in [0, 0.05) is 12.6 Å². The van der Waals surface area contributed by atoms with Crippen molar-refractivity contribution in [1.29, 1.82) is 0 Å². The zero-order valence-corrected chi connectivity index (χ0v) is 10.9. The highest BCUT2D eigenvalue weighted by molar-refractivity contribution is 4.65. The Kier molecular flexibility index (Phi) is 9.12. The first kappa shape index (κ1) is 14.9. The zero-order chi connectivity index (χ0) is 11.7. The third-order valence-electron chi connectivity index (χ3n) is 2.74. The lowest BCUT2D eigenvalue weighted by Crippen LogP contribution is -2.33. The Morgan fingerprint density at radius 3 is 2.27 bits per heavy atom. The predicted octanol–water partition coefficient (Wildman–Crippen LogP) is 2.95. The van der Waals surface area contributed by atoms with E-state index in [-0.39, 0.29) is 6.10 Å². The number of hydrogen-bond acceptors (Lipinski definition) is 2. The second-order valence-corrected chi connectivity index (χ2v) is 5.08. The van der Waals surface area contributed by atoms with Gasteiger partial charge >= 0.3 is 0 Å². The van der Waals surface area contributed by atoms with Gasteiger partial charge in [0.1, 0.15) is 0 Å². The van der Waals surface area contributed by atoms with Crippen LogP contribution in [-0.2, 0) is 0 Å². The Hall–Kier alpha value is -0.0800. The molecule has 0 aromatic rings. The molecule has 2 nitrogen and oxygen atoms in total. The fourth-order valence-electron chi connectivity index (χ4n) is 1.71. The molecule has 0 aliphatic carbocycles. The van der Waals surface area contributed by atoms with Gasteiger partial charge in [-0.15, -0.1) is 0 Å². The highest BCUT2D eigenvalue weighted by Gasteiger charge is 2.06. The van der Waals surface area contributed by atoms with Crippen LogP contribution in [0.25, 0.3) is 0 Å². The molecule has 0 fully saturated rings. The van der Waals surface area contributed by atoms with Gasteiger partial charge < -0.3 is 10.4 Å². The van der Waals surface area contributed by atoms with Crippen LogP contribution in [0, 0.1) is 5.92 Å². The largest absolute Gasteiger partial charge is 0.392 e. The molecule has 2 N–H and O–H groups in total.